The van der Waals surface area contributed by atoms with Gasteiger partial charge in [0.2, 0.25) is 0 Å². The Hall–Kier alpha value is -3.88. The van der Waals surface area contributed by atoms with Crippen molar-refractivity contribution in [1.82, 2.24) is 15.8 Å². The summed E-state index contributed by atoms with van der Waals surface area (Å²) in [6, 6.07) is 14.8. The normalized spacial score (nSPS) is 17.1. The second kappa shape index (κ2) is 9.09. The molecule has 2 N–H and O–H groups in total. The third kappa shape index (κ3) is 4.56. The number of carbonyl (C=O) groups is 4. The highest BCUT2D eigenvalue weighted by molar-refractivity contribution is 6.08. The van der Waals surface area contributed by atoms with Crippen LogP contribution in [-0.4, -0.2) is 41.0 Å². The number of ether oxygens (including phenoxy) is 2. The molecule has 0 unspecified atom stereocenters. The number of nitrogens with zero attached hydrogens (tertiary/aromatic N) is 1. The van der Waals surface area contributed by atoms with E-state index in [2.05, 4.69) is 10.7 Å². The molecule has 1 saturated heterocycles. The Bertz CT molecular complexity index is 1020. The van der Waals surface area contributed by atoms with Gasteiger partial charge in [-0.2, -0.15) is 5.01 Å². The summed E-state index contributed by atoms with van der Waals surface area (Å²) in [4.78, 5) is 49.2. The first-order chi connectivity index (χ1) is 15.5. The number of benzene rings is 2. The number of imide groups is 1. The molecule has 1 aliphatic heterocycles. The summed E-state index contributed by atoms with van der Waals surface area (Å²) >= 11 is 0. The Morgan fingerprint density at radius 1 is 0.938 bits per heavy atom. The molecular formula is C23H23N3O6. The third-order valence-corrected chi connectivity index (χ3v) is 5.51. The van der Waals surface area contributed by atoms with Gasteiger partial charge in [-0.15, -0.1) is 0 Å². The number of nitrogens with one attached hydrogen (secondary N) is 2. The molecule has 166 valence electrons. The molecule has 2 aromatic carbocycles. The van der Waals surface area contributed by atoms with Gasteiger partial charge in [0.15, 0.2) is 6.61 Å². The fourth-order valence-corrected chi connectivity index (χ4v) is 3.87. The lowest BCUT2D eigenvalue weighted by Gasteiger charge is -2.30. The predicted molar refractivity (Wildman–Crippen MR) is 113 cm³/mol. The molecule has 0 aromatic heterocycles. The van der Waals surface area contributed by atoms with Crippen molar-refractivity contribution in [3.8, 4) is 11.5 Å². The number of rotatable bonds is 6. The van der Waals surface area contributed by atoms with Crippen molar-refractivity contribution in [2.45, 2.75) is 37.6 Å². The molecule has 9 heteroatoms. The minimum atomic E-state index is -0.942. The molecule has 2 fully saturated rings. The van der Waals surface area contributed by atoms with Crippen LogP contribution in [0, 0.1) is 0 Å². The Morgan fingerprint density at radius 3 is 2.28 bits per heavy atom. The molecule has 0 atom stereocenters. The summed E-state index contributed by atoms with van der Waals surface area (Å²) in [6.07, 6.45) is 3.76. The van der Waals surface area contributed by atoms with Crippen LogP contribution in [0.25, 0.3) is 0 Å². The monoisotopic (exact) mass is 437 g/mol. The molecular weight excluding hydrogens is 414 g/mol. The quantitative estimate of drug-likeness (QED) is 0.531. The van der Waals surface area contributed by atoms with E-state index in [1.165, 1.54) is 12.1 Å². The number of hydrazine groups is 1. The predicted octanol–water partition coefficient (Wildman–Crippen LogP) is 2.92. The molecule has 2 aromatic rings. The van der Waals surface area contributed by atoms with Gasteiger partial charge in [-0.05, 0) is 49.2 Å². The lowest BCUT2D eigenvalue weighted by atomic mass is 9.82. The first-order valence-electron chi connectivity index (χ1n) is 10.4. The average Bonchev–Trinajstić information content (AvgIpc) is 3.03. The van der Waals surface area contributed by atoms with Gasteiger partial charge in [0, 0.05) is 0 Å². The molecule has 32 heavy (non-hydrogen) atoms. The lowest BCUT2D eigenvalue weighted by molar-refractivity contribution is -0.140. The zero-order valence-electron chi connectivity index (χ0n) is 17.3. The van der Waals surface area contributed by atoms with Crippen LogP contribution in [0.5, 0.6) is 11.5 Å². The van der Waals surface area contributed by atoms with Crippen LogP contribution in [0.15, 0.2) is 54.6 Å². The molecule has 4 amide bonds. The summed E-state index contributed by atoms with van der Waals surface area (Å²) in [7, 11) is 0. The van der Waals surface area contributed by atoms with E-state index in [1.54, 1.807) is 12.1 Å². The molecule has 4 rings (SSSR count). The van der Waals surface area contributed by atoms with Crippen molar-refractivity contribution in [3.63, 3.8) is 0 Å². The Balaban J connectivity index is 1.28. The fraction of sp³-hybridized carbons (Fsp3) is 0.304. The van der Waals surface area contributed by atoms with Gasteiger partial charge < -0.3 is 14.8 Å². The molecule has 2 aliphatic rings. The van der Waals surface area contributed by atoms with E-state index in [1.807, 2.05) is 30.3 Å². The summed E-state index contributed by atoms with van der Waals surface area (Å²) in [6.45, 7) is -0.634. The zero-order chi connectivity index (χ0) is 22.6. The van der Waals surface area contributed by atoms with Crippen molar-refractivity contribution in [1.29, 1.82) is 0 Å². The second-order valence-electron chi connectivity index (χ2n) is 7.76. The van der Waals surface area contributed by atoms with Gasteiger partial charge in [-0.3, -0.25) is 15.0 Å². The summed E-state index contributed by atoms with van der Waals surface area (Å²) in [5, 5.41) is 3.37. The van der Waals surface area contributed by atoms with E-state index in [0.29, 0.717) is 29.3 Å². The van der Waals surface area contributed by atoms with E-state index in [0.717, 1.165) is 19.3 Å². The largest absolute Gasteiger partial charge is 0.457 e. The topological polar surface area (TPSA) is 114 Å². The molecule has 9 nitrogen and oxygen atoms in total. The van der Waals surface area contributed by atoms with Crippen LogP contribution in [0.2, 0.25) is 0 Å². The number of esters is 1. The van der Waals surface area contributed by atoms with E-state index in [-0.39, 0.29) is 5.56 Å². The summed E-state index contributed by atoms with van der Waals surface area (Å²) in [5.74, 6) is -0.766. The van der Waals surface area contributed by atoms with Gasteiger partial charge in [-0.25, -0.2) is 9.59 Å². The minimum absolute atomic E-state index is 0.231. The van der Waals surface area contributed by atoms with Crippen LogP contribution in [0.3, 0.4) is 0 Å². The molecule has 1 saturated carbocycles. The standard InChI is InChI=1S/C23H23N3O6/c27-19(25-26-21(29)23(24-22(26)30)13-5-2-6-14-23)15-31-20(28)16-9-11-18(12-10-16)32-17-7-3-1-4-8-17/h1,3-4,7-12H,2,5-6,13-15H2,(H,24,30)(H,25,27). The van der Waals surface area contributed by atoms with Crippen LogP contribution in [0.1, 0.15) is 42.5 Å². The second-order valence-corrected chi connectivity index (χ2v) is 7.76. The molecule has 0 radical (unpaired) electrons. The van der Waals surface area contributed by atoms with Crippen LogP contribution in [0.4, 0.5) is 4.79 Å². The highest BCUT2D eigenvalue weighted by Gasteiger charge is 2.52. The van der Waals surface area contributed by atoms with Crippen molar-refractivity contribution in [2.24, 2.45) is 0 Å². The Kier molecular flexibility index (Phi) is 6.07. The lowest BCUT2D eigenvalue weighted by Crippen LogP contribution is -2.51. The maximum atomic E-state index is 12.7. The minimum Gasteiger partial charge on any atom is -0.457 e. The average molecular weight is 437 g/mol. The summed E-state index contributed by atoms with van der Waals surface area (Å²) < 4.78 is 10.7. The van der Waals surface area contributed by atoms with Crippen LogP contribution < -0.4 is 15.5 Å². The number of hydrogen-bond donors (Lipinski definition) is 2. The zero-order valence-corrected chi connectivity index (χ0v) is 17.3. The van der Waals surface area contributed by atoms with E-state index in [4.69, 9.17) is 9.47 Å². The first-order valence-corrected chi connectivity index (χ1v) is 10.4. The van der Waals surface area contributed by atoms with Gasteiger partial charge in [0.05, 0.1) is 5.56 Å². The summed E-state index contributed by atoms with van der Waals surface area (Å²) in [5.41, 5.74) is 1.52. The number of carbonyl (C=O) groups excluding carboxylic acids is 4. The maximum Gasteiger partial charge on any atom is 0.344 e. The highest BCUT2D eigenvalue weighted by atomic mass is 16.5. The molecule has 1 aliphatic carbocycles. The SMILES string of the molecule is O=C(COC(=O)c1ccc(Oc2ccccc2)cc1)NN1C(=O)NC2(CCCCC2)C1=O. The van der Waals surface area contributed by atoms with Crippen molar-refractivity contribution in [3.05, 3.63) is 60.2 Å². The fourth-order valence-electron chi connectivity index (χ4n) is 3.87. The van der Waals surface area contributed by atoms with Crippen molar-refractivity contribution < 1.29 is 28.7 Å². The van der Waals surface area contributed by atoms with Crippen molar-refractivity contribution in [2.75, 3.05) is 6.61 Å². The molecule has 1 spiro atoms. The van der Waals surface area contributed by atoms with E-state index in [9.17, 15) is 19.2 Å². The van der Waals surface area contributed by atoms with Crippen LogP contribution >= 0.6 is 0 Å². The van der Waals surface area contributed by atoms with Gasteiger partial charge >= 0.3 is 12.0 Å². The highest BCUT2D eigenvalue weighted by Crippen LogP contribution is 2.33. The van der Waals surface area contributed by atoms with Crippen molar-refractivity contribution >= 4 is 23.8 Å². The number of para-hydroxylation sites is 1. The van der Waals surface area contributed by atoms with E-state index >= 15 is 0 Å². The van der Waals surface area contributed by atoms with Crippen LogP contribution in [-0.2, 0) is 14.3 Å². The third-order valence-electron chi connectivity index (χ3n) is 5.51. The first kappa shape index (κ1) is 21.4. The molecule has 1 heterocycles. The van der Waals surface area contributed by atoms with E-state index < -0.39 is 36.0 Å². The van der Waals surface area contributed by atoms with Gasteiger partial charge in [0.1, 0.15) is 17.0 Å². The number of hydrogen-bond acceptors (Lipinski definition) is 6. The Morgan fingerprint density at radius 2 is 1.59 bits per heavy atom. The smallest absolute Gasteiger partial charge is 0.344 e. The molecule has 0 bridgehead atoms. The van der Waals surface area contributed by atoms with Gasteiger partial charge in [-0.1, -0.05) is 37.5 Å². The Labute approximate surface area is 184 Å². The number of urea groups is 1. The number of amides is 4. The van der Waals surface area contributed by atoms with Gasteiger partial charge in [0.25, 0.3) is 11.8 Å². The maximum absolute atomic E-state index is 12.7.